The van der Waals surface area contributed by atoms with Crippen molar-refractivity contribution in [3.63, 3.8) is 0 Å². The van der Waals surface area contributed by atoms with Gasteiger partial charge in [-0.3, -0.25) is 0 Å². The van der Waals surface area contributed by atoms with Gasteiger partial charge in [0.1, 0.15) is 0 Å². The van der Waals surface area contributed by atoms with E-state index in [0.29, 0.717) is 4.08 Å². The van der Waals surface area contributed by atoms with Gasteiger partial charge in [-0.05, 0) is 38.2 Å². The van der Waals surface area contributed by atoms with E-state index < -0.39 is 0 Å². The number of rotatable bonds is 7. The summed E-state index contributed by atoms with van der Waals surface area (Å²) in [4.78, 5) is 4.22. The number of aromatic nitrogens is 2. The van der Waals surface area contributed by atoms with Gasteiger partial charge < -0.3 is 4.57 Å². The maximum absolute atomic E-state index is 4.22. The van der Waals surface area contributed by atoms with Gasteiger partial charge in [-0.1, -0.05) is 36.8 Å². The molecule has 1 aliphatic heterocycles. The van der Waals surface area contributed by atoms with Crippen molar-refractivity contribution in [1.82, 2.24) is 9.55 Å². The first-order valence-electron chi connectivity index (χ1n) is 8.52. The lowest BCUT2D eigenvalue weighted by atomic mass is 10.1. The van der Waals surface area contributed by atoms with Crippen LogP contribution in [0.15, 0.2) is 43.0 Å². The van der Waals surface area contributed by atoms with Gasteiger partial charge >= 0.3 is 0 Å². The fraction of sp³-hybridized carbons (Fsp3) is 0.526. The van der Waals surface area contributed by atoms with Gasteiger partial charge in [0.15, 0.2) is 0 Å². The lowest BCUT2D eigenvalue weighted by Gasteiger charge is -2.28. The van der Waals surface area contributed by atoms with E-state index in [4.69, 9.17) is 0 Å². The lowest BCUT2D eigenvalue weighted by molar-refractivity contribution is 0.571. The van der Waals surface area contributed by atoms with Crippen LogP contribution in [0, 0.1) is 6.92 Å². The molecule has 1 saturated heterocycles. The molecule has 0 radical (unpaired) electrons. The van der Waals surface area contributed by atoms with E-state index in [2.05, 4.69) is 77.4 Å². The summed E-state index contributed by atoms with van der Waals surface area (Å²) in [5.74, 6) is 1.29. The van der Waals surface area contributed by atoms with Gasteiger partial charge in [0.25, 0.3) is 0 Å². The number of thioether (sulfide) groups is 2. The summed E-state index contributed by atoms with van der Waals surface area (Å²) >= 11 is 4.38. The van der Waals surface area contributed by atoms with Crippen LogP contribution >= 0.6 is 23.5 Å². The summed E-state index contributed by atoms with van der Waals surface area (Å²) in [6.45, 7) is 5.55. The van der Waals surface area contributed by atoms with E-state index in [0.717, 1.165) is 11.8 Å². The highest BCUT2D eigenvalue weighted by atomic mass is 32.2. The molecule has 0 amide bonds. The van der Waals surface area contributed by atoms with E-state index in [1.165, 1.54) is 42.6 Å². The van der Waals surface area contributed by atoms with Gasteiger partial charge in [-0.15, -0.1) is 23.5 Å². The van der Waals surface area contributed by atoms with Crippen LogP contribution in [-0.4, -0.2) is 24.6 Å². The van der Waals surface area contributed by atoms with Crippen molar-refractivity contribution in [3.8, 4) is 0 Å². The zero-order valence-corrected chi connectivity index (χ0v) is 15.7. The number of aryl methyl sites for hydroxylation is 2. The maximum Gasteiger partial charge on any atom is 0.0946 e. The molecule has 1 aromatic carbocycles. The van der Waals surface area contributed by atoms with Gasteiger partial charge in [0.05, 0.1) is 10.4 Å². The summed E-state index contributed by atoms with van der Waals surface area (Å²) in [5.41, 5.74) is 2.81. The Labute approximate surface area is 148 Å². The fourth-order valence-electron chi connectivity index (χ4n) is 3.09. The molecular formula is C19H26N2S2. The van der Waals surface area contributed by atoms with Gasteiger partial charge in [-0.25, -0.2) is 4.98 Å². The summed E-state index contributed by atoms with van der Waals surface area (Å²) in [7, 11) is 0. The standard InChI is InChI=1S/C19H26N2S2/c1-3-18-13-22-19(23-18,14-21-12-11-20-15-21)10-4-5-17-8-6-16(2)7-9-17/h6-9,11-12,15,18H,3-5,10,13-14H2,1-2H3. The third-order valence-corrected chi connectivity index (χ3v) is 8.37. The Balaban J connectivity index is 1.61. The molecule has 0 aliphatic carbocycles. The SMILES string of the molecule is CCC1CSC(CCCc2ccc(C)cc2)(Cn2ccnc2)S1. The molecule has 3 rings (SSSR count). The van der Waals surface area contributed by atoms with E-state index in [-0.39, 0.29) is 0 Å². The first-order valence-corrected chi connectivity index (χ1v) is 10.4. The predicted molar refractivity (Wildman–Crippen MR) is 103 cm³/mol. The van der Waals surface area contributed by atoms with Crippen LogP contribution in [0.3, 0.4) is 0 Å². The minimum Gasteiger partial charge on any atom is -0.335 e. The molecular weight excluding hydrogens is 320 g/mol. The summed E-state index contributed by atoms with van der Waals surface area (Å²) < 4.78 is 2.58. The summed E-state index contributed by atoms with van der Waals surface area (Å²) in [6.07, 6.45) is 10.9. The maximum atomic E-state index is 4.22. The minimum atomic E-state index is 0.325. The quantitative estimate of drug-likeness (QED) is 0.689. The average Bonchev–Trinajstić information content (AvgIpc) is 3.20. The van der Waals surface area contributed by atoms with Crippen molar-refractivity contribution in [2.75, 3.05) is 5.75 Å². The van der Waals surface area contributed by atoms with Crippen molar-refractivity contribution in [3.05, 3.63) is 54.1 Å². The Hall–Kier alpha value is -0.870. The van der Waals surface area contributed by atoms with Crippen LogP contribution in [0.25, 0.3) is 0 Å². The monoisotopic (exact) mass is 346 g/mol. The summed E-state index contributed by atoms with van der Waals surface area (Å²) in [6, 6.07) is 9.01. The Bertz CT molecular complexity index is 594. The second kappa shape index (κ2) is 7.80. The molecule has 23 heavy (non-hydrogen) atoms. The third kappa shape index (κ3) is 4.57. The molecule has 4 heteroatoms. The van der Waals surface area contributed by atoms with E-state index >= 15 is 0 Å². The van der Waals surface area contributed by atoms with Gasteiger partial charge in [0.2, 0.25) is 0 Å². The number of hydrogen-bond donors (Lipinski definition) is 0. The number of nitrogens with zero attached hydrogens (tertiary/aromatic N) is 2. The molecule has 2 heterocycles. The van der Waals surface area contributed by atoms with Crippen LogP contribution in [0.1, 0.15) is 37.3 Å². The van der Waals surface area contributed by atoms with E-state index in [1.807, 2.05) is 12.5 Å². The molecule has 1 aromatic heterocycles. The molecule has 1 fully saturated rings. The number of imidazole rings is 1. The average molecular weight is 347 g/mol. The first-order chi connectivity index (χ1) is 11.2. The van der Waals surface area contributed by atoms with Crippen molar-refractivity contribution in [2.45, 2.75) is 55.4 Å². The fourth-order valence-corrected chi connectivity index (χ4v) is 6.96. The molecule has 1 aliphatic rings. The second-order valence-corrected chi connectivity index (χ2v) is 9.79. The van der Waals surface area contributed by atoms with E-state index in [1.54, 1.807) is 0 Å². The van der Waals surface area contributed by atoms with Crippen LogP contribution in [0.5, 0.6) is 0 Å². The van der Waals surface area contributed by atoms with Crippen molar-refractivity contribution >= 4 is 23.5 Å². The van der Waals surface area contributed by atoms with Gasteiger partial charge in [-0.2, -0.15) is 0 Å². The zero-order valence-electron chi connectivity index (χ0n) is 14.1. The molecule has 0 saturated carbocycles. The highest BCUT2D eigenvalue weighted by Crippen LogP contribution is 2.52. The van der Waals surface area contributed by atoms with Crippen LogP contribution in [0.2, 0.25) is 0 Å². The first kappa shape index (κ1) is 17.0. The predicted octanol–water partition coefficient (Wildman–Crippen LogP) is 5.17. The molecule has 124 valence electrons. The highest BCUT2D eigenvalue weighted by molar-refractivity contribution is 8.21. The molecule has 2 atom stereocenters. The summed E-state index contributed by atoms with van der Waals surface area (Å²) in [5, 5.41) is 0.808. The molecule has 0 N–H and O–H groups in total. The molecule has 0 spiro atoms. The molecule has 2 unspecified atom stereocenters. The van der Waals surface area contributed by atoms with Crippen molar-refractivity contribution in [1.29, 1.82) is 0 Å². The third-order valence-electron chi connectivity index (χ3n) is 4.50. The lowest BCUT2D eigenvalue weighted by Crippen LogP contribution is -2.25. The zero-order chi connectivity index (χ0) is 16.1. The Morgan fingerprint density at radius 1 is 1.30 bits per heavy atom. The molecule has 2 nitrogen and oxygen atoms in total. The van der Waals surface area contributed by atoms with Crippen LogP contribution in [-0.2, 0) is 13.0 Å². The molecule has 0 bridgehead atoms. The topological polar surface area (TPSA) is 17.8 Å². The molecule has 2 aromatic rings. The normalized spacial score (nSPS) is 24.2. The van der Waals surface area contributed by atoms with E-state index in [9.17, 15) is 0 Å². The number of hydrogen-bond acceptors (Lipinski definition) is 3. The van der Waals surface area contributed by atoms with Gasteiger partial charge in [0, 0.05) is 29.9 Å². The van der Waals surface area contributed by atoms with Crippen LogP contribution < -0.4 is 0 Å². The Morgan fingerprint density at radius 3 is 2.78 bits per heavy atom. The second-order valence-electron chi connectivity index (χ2n) is 6.44. The minimum absolute atomic E-state index is 0.325. The van der Waals surface area contributed by atoms with Crippen LogP contribution in [0.4, 0.5) is 0 Å². The number of benzene rings is 1. The van der Waals surface area contributed by atoms with Crippen molar-refractivity contribution in [2.24, 2.45) is 0 Å². The largest absolute Gasteiger partial charge is 0.335 e. The Kier molecular flexibility index (Phi) is 5.76. The van der Waals surface area contributed by atoms with Crippen molar-refractivity contribution < 1.29 is 0 Å². The smallest absolute Gasteiger partial charge is 0.0946 e. The Morgan fingerprint density at radius 2 is 2.13 bits per heavy atom. The highest BCUT2D eigenvalue weighted by Gasteiger charge is 2.39.